The number of fused-ring (bicyclic) bond motifs is 2. The molecule has 5 aromatic rings. The first-order valence-electron chi connectivity index (χ1n) is 10.9. The molecule has 4 aromatic heterocycles. The molecule has 0 fully saturated rings. The molecular weight excluding hydrogens is 444 g/mol. The molecular formula is C25H23N8O2+. The van der Waals surface area contributed by atoms with Crippen LogP contribution >= 0.6 is 0 Å². The molecule has 0 aliphatic carbocycles. The first kappa shape index (κ1) is 21.9. The second-order valence-electron chi connectivity index (χ2n) is 8.26. The second kappa shape index (κ2) is 8.46. The van der Waals surface area contributed by atoms with E-state index in [-0.39, 0.29) is 16.9 Å². The van der Waals surface area contributed by atoms with Crippen molar-refractivity contribution in [3.63, 3.8) is 0 Å². The zero-order chi connectivity index (χ0) is 24.7. The molecule has 0 saturated heterocycles. The number of rotatable bonds is 3. The number of hydrogen-bond donors (Lipinski definition) is 3. The van der Waals surface area contributed by atoms with Gasteiger partial charge in [-0.1, -0.05) is 24.0 Å². The van der Waals surface area contributed by atoms with Crippen molar-refractivity contribution < 1.29 is 9.31 Å². The minimum atomic E-state index is -0.479. The maximum absolute atomic E-state index is 13.4. The molecule has 0 bridgehead atoms. The number of nitrogens with one attached hydrogen (secondary N) is 2. The number of amides is 1. The van der Waals surface area contributed by atoms with Crippen LogP contribution in [0.5, 0.6) is 0 Å². The molecule has 5 rings (SSSR count). The summed E-state index contributed by atoms with van der Waals surface area (Å²) in [5, 5.41) is 11.2. The molecule has 1 atom stereocenters. The Hall–Kier alpha value is -4.91. The maximum Gasteiger partial charge on any atom is 0.362 e. The number of nitrogen functional groups attached to an aromatic ring is 1. The first-order chi connectivity index (χ1) is 16.8. The maximum atomic E-state index is 13.4. The van der Waals surface area contributed by atoms with Gasteiger partial charge in [-0.25, -0.2) is 5.10 Å². The van der Waals surface area contributed by atoms with Gasteiger partial charge in [0, 0.05) is 37.6 Å². The molecule has 0 saturated carbocycles. The molecule has 0 aliphatic rings. The minimum Gasteiger partial charge on any atom is -0.382 e. The van der Waals surface area contributed by atoms with E-state index in [4.69, 9.17) is 5.73 Å². The van der Waals surface area contributed by atoms with Gasteiger partial charge < -0.3 is 15.6 Å². The molecule has 174 valence electrons. The van der Waals surface area contributed by atoms with Gasteiger partial charge in [0.25, 0.3) is 11.5 Å². The SMILES string of the molecule is CC(NC(=O)c1c(N)[nH][n+]2cccnc12)c1cc2cccc(C#Cc3cnn(C)c3)c2c(=O)n1C. The Balaban J connectivity index is 1.51. The largest absolute Gasteiger partial charge is 0.382 e. The van der Waals surface area contributed by atoms with Crippen molar-refractivity contribution in [2.24, 2.45) is 14.1 Å². The summed E-state index contributed by atoms with van der Waals surface area (Å²) in [5.41, 5.74) is 8.54. The number of carbonyl (C=O) groups is 1. The van der Waals surface area contributed by atoms with E-state index in [1.54, 1.807) is 40.9 Å². The van der Waals surface area contributed by atoms with E-state index in [0.717, 1.165) is 10.9 Å². The number of aromatic nitrogens is 6. The fourth-order valence-electron chi connectivity index (χ4n) is 4.13. The Kier molecular flexibility index (Phi) is 5.30. The fraction of sp³-hybridized carbons (Fsp3) is 0.160. The Bertz CT molecular complexity index is 1730. The van der Waals surface area contributed by atoms with E-state index in [9.17, 15) is 9.59 Å². The van der Waals surface area contributed by atoms with E-state index in [1.165, 1.54) is 4.57 Å². The van der Waals surface area contributed by atoms with Gasteiger partial charge in [0.1, 0.15) is 12.4 Å². The Labute approximate surface area is 200 Å². The van der Waals surface area contributed by atoms with E-state index in [0.29, 0.717) is 22.3 Å². The summed E-state index contributed by atoms with van der Waals surface area (Å²) in [7, 11) is 3.51. The average Bonchev–Trinajstić information content (AvgIpc) is 3.41. The summed E-state index contributed by atoms with van der Waals surface area (Å²) >= 11 is 0. The lowest BCUT2D eigenvalue weighted by Gasteiger charge is -2.18. The first-order valence-corrected chi connectivity index (χ1v) is 10.9. The lowest BCUT2D eigenvalue weighted by atomic mass is 10.0. The molecule has 1 aromatic carbocycles. The van der Waals surface area contributed by atoms with Gasteiger partial charge in [-0.2, -0.15) is 5.10 Å². The number of nitrogens with zero attached hydrogens (tertiary/aromatic N) is 5. The Morgan fingerprint density at radius 1 is 1.26 bits per heavy atom. The number of aryl methyl sites for hydroxylation is 1. The number of hydrogen-bond acceptors (Lipinski definition) is 5. The van der Waals surface area contributed by atoms with Crippen LogP contribution in [0.2, 0.25) is 0 Å². The molecule has 0 spiro atoms. The number of nitrogens with two attached hydrogens (primary N) is 1. The van der Waals surface area contributed by atoms with Gasteiger partial charge in [-0.3, -0.25) is 14.3 Å². The lowest BCUT2D eigenvalue weighted by Crippen LogP contribution is -2.32. The second-order valence-corrected chi connectivity index (χ2v) is 8.26. The number of anilines is 1. The fourth-order valence-corrected chi connectivity index (χ4v) is 4.13. The van der Waals surface area contributed by atoms with Gasteiger partial charge in [-0.15, -0.1) is 4.52 Å². The Morgan fingerprint density at radius 3 is 2.86 bits per heavy atom. The number of H-pyrrole nitrogens is 1. The van der Waals surface area contributed by atoms with Crippen LogP contribution < -0.4 is 21.1 Å². The Morgan fingerprint density at radius 2 is 2.09 bits per heavy atom. The third kappa shape index (κ3) is 3.89. The zero-order valence-electron chi connectivity index (χ0n) is 19.4. The van der Waals surface area contributed by atoms with Crippen molar-refractivity contribution in [3.05, 3.63) is 87.9 Å². The highest BCUT2D eigenvalue weighted by molar-refractivity contribution is 6.03. The van der Waals surface area contributed by atoms with E-state index >= 15 is 0 Å². The smallest absolute Gasteiger partial charge is 0.362 e. The summed E-state index contributed by atoms with van der Waals surface area (Å²) in [4.78, 5) is 30.7. The van der Waals surface area contributed by atoms with Gasteiger partial charge >= 0.3 is 5.65 Å². The average molecular weight is 468 g/mol. The van der Waals surface area contributed by atoms with Crippen molar-refractivity contribution in [3.8, 4) is 11.8 Å². The summed E-state index contributed by atoms with van der Waals surface area (Å²) in [6.45, 7) is 1.82. The molecule has 35 heavy (non-hydrogen) atoms. The van der Waals surface area contributed by atoms with Gasteiger partial charge in [0.2, 0.25) is 0 Å². The summed E-state index contributed by atoms with van der Waals surface area (Å²) in [6.07, 6.45) is 6.80. The van der Waals surface area contributed by atoms with Crippen LogP contribution in [-0.4, -0.2) is 30.3 Å². The van der Waals surface area contributed by atoms with Crippen LogP contribution in [-0.2, 0) is 14.1 Å². The van der Waals surface area contributed by atoms with E-state index in [2.05, 4.69) is 32.3 Å². The molecule has 10 nitrogen and oxygen atoms in total. The highest BCUT2D eigenvalue weighted by atomic mass is 16.2. The standard InChI is InChI=1S/C25H22N8O2/c1-15(29-24(34)21-22(26)30-33-11-5-10-27-23(21)33)19-12-18-7-4-6-17(20(18)25(35)32(19)3)9-8-16-13-28-31(2)14-16/h4-7,10-15H,1-3H3,(H3,26,29,30,34)/p+1. The number of carbonyl (C=O) groups excluding carboxylic acids is 1. The van der Waals surface area contributed by atoms with Crippen LogP contribution in [0.4, 0.5) is 5.82 Å². The molecule has 0 radical (unpaired) electrons. The molecule has 1 unspecified atom stereocenters. The van der Waals surface area contributed by atoms with Crippen molar-refractivity contribution in [2.75, 3.05) is 5.73 Å². The topological polar surface area (TPSA) is 128 Å². The van der Waals surface area contributed by atoms with Crippen LogP contribution in [0.25, 0.3) is 16.4 Å². The normalized spacial score (nSPS) is 11.9. The molecule has 10 heteroatoms. The predicted molar refractivity (Wildman–Crippen MR) is 130 cm³/mol. The molecule has 4 heterocycles. The molecule has 4 N–H and O–H groups in total. The van der Waals surface area contributed by atoms with Crippen LogP contribution in [0.15, 0.2) is 59.9 Å². The van der Waals surface area contributed by atoms with E-state index in [1.807, 2.05) is 44.4 Å². The van der Waals surface area contributed by atoms with Gasteiger partial charge in [-0.05, 0) is 29.4 Å². The zero-order valence-corrected chi connectivity index (χ0v) is 19.4. The monoisotopic (exact) mass is 467 g/mol. The van der Waals surface area contributed by atoms with Crippen LogP contribution in [0.1, 0.15) is 40.1 Å². The molecule has 1 amide bonds. The van der Waals surface area contributed by atoms with Crippen molar-refractivity contribution in [1.29, 1.82) is 0 Å². The molecule has 0 aliphatic heterocycles. The summed E-state index contributed by atoms with van der Waals surface area (Å²) in [6, 6.07) is 8.69. The highest BCUT2D eigenvalue weighted by Crippen LogP contribution is 2.21. The summed E-state index contributed by atoms with van der Waals surface area (Å²) in [5.74, 6) is 5.97. The third-order valence-corrected chi connectivity index (χ3v) is 5.85. The number of benzene rings is 1. The quantitative estimate of drug-likeness (QED) is 0.271. The van der Waals surface area contributed by atoms with Crippen molar-refractivity contribution in [2.45, 2.75) is 13.0 Å². The minimum absolute atomic E-state index is 0.196. The predicted octanol–water partition coefficient (Wildman–Crippen LogP) is 1.21. The van der Waals surface area contributed by atoms with Crippen LogP contribution in [0, 0.1) is 11.8 Å². The van der Waals surface area contributed by atoms with Gasteiger partial charge in [0.15, 0.2) is 11.4 Å². The number of aromatic amines is 1. The number of pyridine rings is 1. The van der Waals surface area contributed by atoms with Gasteiger partial charge in [0.05, 0.1) is 23.2 Å². The van der Waals surface area contributed by atoms with Crippen molar-refractivity contribution >= 4 is 28.1 Å². The summed E-state index contributed by atoms with van der Waals surface area (Å²) < 4.78 is 4.79. The lowest BCUT2D eigenvalue weighted by molar-refractivity contribution is -0.577. The van der Waals surface area contributed by atoms with Crippen LogP contribution in [0.3, 0.4) is 0 Å². The van der Waals surface area contributed by atoms with E-state index < -0.39 is 11.9 Å². The highest BCUT2D eigenvalue weighted by Gasteiger charge is 2.26. The van der Waals surface area contributed by atoms with Crippen molar-refractivity contribution in [1.82, 2.24) is 29.7 Å². The third-order valence-electron chi connectivity index (χ3n) is 5.85.